The fourth-order valence-electron chi connectivity index (χ4n) is 3.64. The van der Waals surface area contributed by atoms with Crippen LogP contribution >= 0.6 is 0 Å². The molecule has 0 amide bonds. The molecule has 0 heterocycles. The zero-order chi connectivity index (χ0) is 14.1. The van der Waals surface area contributed by atoms with Gasteiger partial charge in [-0.15, -0.1) is 0 Å². The first-order valence-electron chi connectivity index (χ1n) is 6.96. The summed E-state index contributed by atoms with van der Waals surface area (Å²) >= 11 is 0. The summed E-state index contributed by atoms with van der Waals surface area (Å²) in [6.45, 7) is 1.56. The summed E-state index contributed by atoms with van der Waals surface area (Å²) in [4.78, 5) is 11.5. The van der Waals surface area contributed by atoms with E-state index in [1.54, 1.807) is 0 Å². The number of methoxy groups -OCH3 is 1. The quantitative estimate of drug-likeness (QED) is 0.436. The molecule has 1 aromatic carbocycles. The standard InChI is InChI=1S/C16H20O4/c1-18-14(17)16-8-15(9-16,10-16)11-20-12-19-7-13-5-3-2-4-6-13/h2-6H,7-12H2,1H3. The Kier molecular flexibility index (Phi) is 3.52. The lowest BCUT2D eigenvalue weighted by Crippen LogP contribution is -2.67. The molecule has 3 fully saturated rings. The van der Waals surface area contributed by atoms with Crippen LogP contribution in [0, 0.1) is 10.8 Å². The maximum Gasteiger partial charge on any atom is 0.311 e. The van der Waals surface area contributed by atoms with Crippen molar-refractivity contribution in [1.82, 2.24) is 0 Å². The Morgan fingerprint density at radius 2 is 1.85 bits per heavy atom. The summed E-state index contributed by atoms with van der Waals surface area (Å²) in [5, 5.41) is 0. The summed E-state index contributed by atoms with van der Waals surface area (Å²) in [5.41, 5.74) is 1.18. The second kappa shape index (κ2) is 5.19. The first kappa shape index (κ1) is 13.6. The molecule has 4 heteroatoms. The molecule has 108 valence electrons. The lowest BCUT2D eigenvalue weighted by molar-refractivity contribution is -0.249. The highest BCUT2D eigenvalue weighted by molar-refractivity contribution is 5.81. The number of esters is 1. The molecule has 4 nitrogen and oxygen atoms in total. The molecule has 0 N–H and O–H groups in total. The molecule has 0 atom stereocenters. The van der Waals surface area contributed by atoms with Gasteiger partial charge in [0.1, 0.15) is 6.79 Å². The predicted molar refractivity (Wildman–Crippen MR) is 72.8 cm³/mol. The van der Waals surface area contributed by atoms with Crippen LogP contribution in [-0.2, 0) is 25.6 Å². The molecule has 2 bridgehead atoms. The van der Waals surface area contributed by atoms with E-state index in [0.717, 1.165) is 24.8 Å². The van der Waals surface area contributed by atoms with Gasteiger partial charge in [-0.2, -0.15) is 0 Å². The highest BCUT2D eigenvalue weighted by Crippen LogP contribution is 2.73. The van der Waals surface area contributed by atoms with Crippen molar-refractivity contribution in [1.29, 1.82) is 0 Å². The first-order valence-corrected chi connectivity index (χ1v) is 6.96. The van der Waals surface area contributed by atoms with Crippen LogP contribution in [0.1, 0.15) is 24.8 Å². The summed E-state index contributed by atoms with van der Waals surface area (Å²) in [6.07, 6.45) is 2.72. The smallest absolute Gasteiger partial charge is 0.311 e. The molecule has 3 aliphatic carbocycles. The van der Waals surface area contributed by atoms with E-state index in [4.69, 9.17) is 14.2 Å². The highest BCUT2D eigenvalue weighted by atomic mass is 16.7. The molecular weight excluding hydrogens is 256 g/mol. The Morgan fingerprint density at radius 3 is 2.50 bits per heavy atom. The van der Waals surface area contributed by atoms with Crippen LogP contribution in [0.4, 0.5) is 0 Å². The molecule has 4 rings (SSSR count). The summed E-state index contributed by atoms with van der Waals surface area (Å²) in [5.74, 6) is -0.0558. The van der Waals surface area contributed by atoms with Crippen molar-refractivity contribution in [3.05, 3.63) is 35.9 Å². The molecule has 1 aromatic rings. The molecule has 3 aliphatic rings. The van der Waals surface area contributed by atoms with Crippen LogP contribution < -0.4 is 0 Å². The van der Waals surface area contributed by atoms with Crippen LogP contribution in [0.5, 0.6) is 0 Å². The van der Waals surface area contributed by atoms with Crippen molar-refractivity contribution in [2.45, 2.75) is 25.9 Å². The van der Waals surface area contributed by atoms with E-state index in [2.05, 4.69) is 0 Å². The number of ether oxygens (including phenoxy) is 3. The lowest BCUT2D eigenvalue weighted by Gasteiger charge is -2.68. The normalized spacial score (nSPS) is 30.2. The highest BCUT2D eigenvalue weighted by Gasteiger charge is 2.72. The molecule has 0 aromatic heterocycles. The Labute approximate surface area is 119 Å². The van der Waals surface area contributed by atoms with Gasteiger partial charge in [0.05, 0.1) is 25.7 Å². The molecule has 0 unspecified atom stereocenters. The Hall–Kier alpha value is -1.39. The van der Waals surface area contributed by atoms with E-state index in [0.29, 0.717) is 20.0 Å². The van der Waals surface area contributed by atoms with E-state index < -0.39 is 0 Å². The predicted octanol–water partition coefficient (Wildman–Crippen LogP) is 2.52. The van der Waals surface area contributed by atoms with Crippen LogP contribution in [0.3, 0.4) is 0 Å². The SMILES string of the molecule is COC(=O)C12CC(COCOCc3ccccc3)(C1)C2. The van der Waals surface area contributed by atoms with Gasteiger partial charge in [-0.1, -0.05) is 30.3 Å². The van der Waals surface area contributed by atoms with E-state index in [9.17, 15) is 4.79 Å². The topological polar surface area (TPSA) is 44.8 Å². The van der Waals surface area contributed by atoms with E-state index in [1.165, 1.54) is 7.11 Å². The Balaban J connectivity index is 1.30. The van der Waals surface area contributed by atoms with Crippen molar-refractivity contribution in [2.24, 2.45) is 10.8 Å². The minimum Gasteiger partial charge on any atom is -0.469 e. The third-order valence-corrected chi connectivity index (χ3v) is 4.45. The zero-order valence-electron chi connectivity index (χ0n) is 11.8. The molecule has 0 saturated heterocycles. The number of rotatable bonds is 7. The van der Waals surface area contributed by atoms with Crippen LogP contribution in [-0.4, -0.2) is 26.5 Å². The van der Waals surface area contributed by atoms with E-state index >= 15 is 0 Å². The number of hydrogen-bond donors (Lipinski definition) is 0. The number of carbonyl (C=O) groups is 1. The van der Waals surface area contributed by atoms with Gasteiger partial charge in [0, 0.05) is 0 Å². The van der Waals surface area contributed by atoms with E-state index in [1.807, 2.05) is 30.3 Å². The lowest BCUT2D eigenvalue weighted by atomic mass is 9.35. The molecule has 0 aliphatic heterocycles. The number of benzene rings is 1. The summed E-state index contributed by atoms with van der Waals surface area (Å²) in [7, 11) is 1.46. The van der Waals surface area contributed by atoms with Gasteiger partial charge in [-0.3, -0.25) is 4.79 Å². The second-order valence-corrected chi connectivity index (χ2v) is 6.10. The van der Waals surface area contributed by atoms with Gasteiger partial charge >= 0.3 is 5.97 Å². The van der Waals surface area contributed by atoms with Gasteiger partial charge in [0.2, 0.25) is 0 Å². The van der Waals surface area contributed by atoms with Gasteiger partial charge < -0.3 is 14.2 Å². The monoisotopic (exact) mass is 276 g/mol. The van der Waals surface area contributed by atoms with Crippen LogP contribution in [0.25, 0.3) is 0 Å². The van der Waals surface area contributed by atoms with Gasteiger partial charge in [0.15, 0.2) is 0 Å². The van der Waals surface area contributed by atoms with Crippen LogP contribution in [0.15, 0.2) is 30.3 Å². The summed E-state index contributed by atoms with van der Waals surface area (Å²) in [6, 6.07) is 10.0. The number of hydrogen-bond acceptors (Lipinski definition) is 4. The molecule has 0 spiro atoms. The van der Waals surface area contributed by atoms with Crippen molar-refractivity contribution >= 4 is 5.97 Å². The summed E-state index contributed by atoms with van der Waals surface area (Å²) < 4.78 is 15.9. The second-order valence-electron chi connectivity index (χ2n) is 6.10. The fraction of sp³-hybridized carbons (Fsp3) is 0.562. The zero-order valence-corrected chi connectivity index (χ0v) is 11.8. The number of carbonyl (C=O) groups excluding carboxylic acids is 1. The fourth-order valence-corrected chi connectivity index (χ4v) is 3.64. The average molecular weight is 276 g/mol. The third-order valence-electron chi connectivity index (χ3n) is 4.45. The van der Waals surface area contributed by atoms with Crippen LogP contribution in [0.2, 0.25) is 0 Å². The average Bonchev–Trinajstić information content (AvgIpc) is 2.39. The first-order chi connectivity index (χ1) is 9.68. The minimum atomic E-state index is -0.178. The van der Waals surface area contributed by atoms with Gasteiger partial charge in [-0.05, 0) is 30.2 Å². The van der Waals surface area contributed by atoms with Crippen molar-refractivity contribution in [2.75, 3.05) is 20.5 Å². The maximum absolute atomic E-state index is 11.5. The molecular formula is C16H20O4. The molecule has 0 radical (unpaired) electrons. The van der Waals surface area contributed by atoms with E-state index in [-0.39, 0.29) is 16.8 Å². The Morgan fingerprint density at radius 1 is 1.15 bits per heavy atom. The maximum atomic E-state index is 11.5. The minimum absolute atomic E-state index is 0.0558. The molecule has 20 heavy (non-hydrogen) atoms. The Bertz CT molecular complexity index is 463. The van der Waals surface area contributed by atoms with Crippen molar-refractivity contribution < 1.29 is 19.0 Å². The van der Waals surface area contributed by atoms with Gasteiger partial charge in [-0.25, -0.2) is 0 Å². The third kappa shape index (κ3) is 2.34. The van der Waals surface area contributed by atoms with Gasteiger partial charge in [0.25, 0.3) is 0 Å². The molecule has 3 saturated carbocycles. The van der Waals surface area contributed by atoms with Crippen molar-refractivity contribution in [3.63, 3.8) is 0 Å². The largest absolute Gasteiger partial charge is 0.469 e. The van der Waals surface area contributed by atoms with Crippen molar-refractivity contribution in [3.8, 4) is 0 Å².